The minimum absolute atomic E-state index is 0.139. The van der Waals surface area contributed by atoms with Crippen LogP contribution in [0, 0.1) is 12.8 Å². The zero-order chi connectivity index (χ0) is 21.4. The van der Waals surface area contributed by atoms with Gasteiger partial charge in [-0.2, -0.15) is 13.2 Å². The number of fused-ring (bicyclic) bond motifs is 2. The van der Waals surface area contributed by atoms with Crippen molar-refractivity contribution < 1.29 is 18.0 Å². The molecule has 0 bridgehead atoms. The van der Waals surface area contributed by atoms with E-state index in [-0.39, 0.29) is 17.4 Å². The van der Waals surface area contributed by atoms with E-state index >= 15 is 0 Å². The summed E-state index contributed by atoms with van der Waals surface area (Å²) in [6.45, 7) is 2.70. The Labute approximate surface area is 170 Å². The second kappa shape index (κ2) is 6.00. The van der Waals surface area contributed by atoms with Gasteiger partial charge in [0.05, 0.1) is 22.0 Å². The second-order valence-electron chi connectivity index (χ2n) is 8.50. The van der Waals surface area contributed by atoms with E-state index < -0.39 is 17.2 Å². The number of aromatic amines is 1. The molecule has 0 spiro atoms. The number of piperidine rings is 1. The number of aryl methyl sites for hydroxylation is 2. The van der Waals surface area contributed by atoms with E-state index in [0.717, 1.165) is 18.1 Å². The van der Waals surface area contributed by atoms with Crippen molar-refractivity contribution in [1.82, 2.24) is 14.5 Å². The van der Waals surface area contributed by atoms with Crippen LogP contribution in [0.2, 0.25) is 0 Å². The summed E-state index contributed by atoms with van der Waals surface area (Å²) in [4.78, 5) is 30.0. The zero-order valence-electron chi connectivity index (χ0n) is 16.5. The minimum atomic E-state index is -4.40. The number of pyridine rings is 1. The maximum Gasteiger partial charge on any atom is 0.416 e. The predicted molar refractivity (Wildman–Crippen MR) is 105 cm³/mol. The lowest BCUT2D eigenvalue weighted by Gasteiger charge is -2.21. The average Bonchev–Trinajstić information content (AvgIpc) is 3.08. The van der Waals surface area contributed by atoms with Crippen molar-refractivity contribution in [2.24, 2.45) is 13.0 Å². The van der Waals surface area contributed by atoms with Crippen LogP contribution in [-0.4, -0.2) is 33.4 Å². The van der Waals surface area contributed by atoms with Crippen LogP contribution in [0.4, 0.5) is 13.2 Å². The quantitative estimate of drug-likeness (QED) is 0.695. The van der Waals surface area contributed by atoms with Gasteiger partial charge in [0.25, 0.3) is 11.5 Å². The number of benzene rings is 1. The number of hydrogen-bond acceptors (Lipinski definition) is 2. The van der Waals surface area contributed by atoms with Gasteiger partial charge < -0.3 is 14.5 Å². The van der Waals surface area contributed by atoms with Gasteiger partial charge in [-0.15, -0.1) is 0 Å². The Kier molecular flexibility index (Phi) is 3.79. The molecule has 1 saturated carbocycles. The average molecular weight is 415 g/mol. The Morgan fingerprint density at radius 3 is 2.80 bits per heavy atom. The largest absolute Gasteiger partial charge is 0.416 e. The number of rotatable bonds is 2. The summed E-state index contributed by atoms with van der Waals surface area (Å²) in [5, 5.41) is 0.358. The molecule has 5 nitrogen and oxygen atoms in total. The molecule has 3 heterocycles. The maximum absolute atomic E-state index is 13.3. The number of carbonyl (C=O) groups is 1. The summed E-state index contributed by atoms with van der Waals surface area (Å²) >= 11 is 0. The van der Waals surface area contributed by atoms with Crippen LogP contribution >= 0.6 is 0 Å². The third-order valence-electron chi connectivity index (χ3n) is 6.63. The molecule has 0 radical (unpaired) electrons. The number of alkyl halides is 3. The third kappa shape index (κ3) is 2.62. The lowest BCUT2D eigenvalue weighted by atomic mass is 9.93. The minimum Gasteiger partial charge on any atom is -0.349 e. The monoisotopic (exact) mass is 415 g/mol. The van der Waals surface area contributed by atoms with E-state index in [4.69, 9.17) is 0 Å². The highest BCUT2D eigenvalue weighted by Crippen LogP contribution is 2.59. The van der Waals surface area contributed by atoms with Crippen LogP contribution < -0.4 is 5.56 Å². The summed E-state index contributed by atoms with van der Waals surface area (Å²) < 4.78 is 41.2. The first-order valence-corrected chi connectivity index (χ1v) is 9.76. The lowest BCUT2D eigenvalue weighted by molar-refractivity contribution is -0.137. The first-order chi connectivity index (χ1) is 14.1. The summed E-state index contributed by atoms with van der Waals surface area (Å²) in [7, 11) is 1.79. The predicted octanol–water partition coefficient (Wildman–Crippen LogP) is 3.61. The molecule has 1 saturated heterocycles. The maximum atomic E-state index is 13.3. The molecule has 2 aliphatic rings. The van der Waals surface area contributed by atoms with Crippen molar-refractivity contribution in [1.29, 1.82) is 0 Å². The van der Waals surface area contributed by atoms with E-state index in [1.54, 1.807) is 35.0 Å². The fourth-order valence-corrected chi connectivity index (χ4v) is 5.07. The van der Waals surface area contributed by atoms with Crippen LogP contribution in [0.15, 0.2) is 41.5 Å². The number of amides is 1. The molecule has 1 aromatic carbocycles. The summed E-state index contributed by atoms with van der Waals surface area (Å²) in [6.07, 6.45) is -0.344. The molecule has 30 heavy (non-hydrogen) atoms. The first kappa shape index (κ1) is 19.0. The van der Waals surface area contributed by atoms with Gasteiger partial charge in [0.2, 0.25) is 0 Å². The number of nitrogens with zero attached hydrogens (tertiary/aromatic N) is 2. The lowest BCUT2D eigenvalue weighted by Crippen LogP contribution is -2.33. The molecule has 8 heteroatoms. The van der Waals surface area contributed by atoms with Gasteiger partial charge in [0.15, 0.2) is 0 Å². The molecule has 1 N–H and O–H groups in total. The summed E-state index contributed by atoms with van der Waals surface area (Å²) in [6, 6.07) is 5.43. The van der Waals surface area contributed by atoms with E-state index in [2.05, 4.69) is 4.98 Å². The number of halogens is 3. The van der Waals surface area contributed by atoms with Gasteiger partial charge in [0, 0.05) is 37.9 Å². The van der Waals surface area contributed by atoms with Crippen LogP contribution in [-0.2, 0) is 18.6 Å². The molecule has 3 aromatic rings. The summed E-state index contributed by atoms with van der Waals surface area (Å²) in [5.41, 5.74) is 1.11. The van der Waals surface area contributed by atoms with Crippen LogP contribution in [0.1, 0.15) is 33.5 Å². The molecule has 2 atom stereocenters. The zero-order valence-corrected chi connectivity index (χ0v) is 16.5. The smallest absolute Gasteiger partial charge is 0.349 e. The Morgan fingerprint density at radius 1 is 1.30 bits per heavy atom. The van der Waals surface area contributed by atoms with E-state index in [9.17, 15) is 22.8 Å². The second-order valence-corrected chi connectivity index (χ2v) is 8.50. The van der Waals surface area contributed by atoms with Crippen LogP contribution in [0.5, 0.6) is 0 Å². The molecular weight excluding hydrogens is 395 g/mol. The van der Waals surface area contributed by atoms with Crippen molar-refractivity contribution in [2.45, 2.75) is 24.9 Å². The van der Waals surface area contributed by atoms with Gasteiger partial charge >= 0.3 is 6.18 Å². The van der Waals surface area contributed by atoms with Crippen LogP contribution in [0.25, 0.3) is 10.9 Å². The molecule has 2 unspecified atom stereocenters. The number of likely N-dealkylation sites (tertiary alicyclic amines) is 1. The molecule has 1 amide bonds. The molecule has 1 aliphatic carbocycles. The highest BCUT2D eigenvalue weighted by molar-refractivity contribution is 6.07. The fourth-order valence-electron chi connectivity index (χ4n) is 5.07. The van der Waals surface area contributed by atoms with E-state index in [0.29, 0.717) is 35.1 Å². The number of H-pyrrole nitrogens is 1. The van der Waals surface area contributed by atoms with Crippen molar-refractivity contribution in [3.05, 3.63) is 69.3 Å². The highest BCUT2D eigenvalue weighted by atomic mass is 19.4. The number of nitrogens with one attached hydrogen (secondary N) is 1. The number of aromatic nitrogens is 2. The number of carbonyl (C=O) groups excluding carboxylic acids is 1. The normalized spacial score (nSPS) is 23.1. The number of hydrogen-bond donors (Lipinski definition) is 1. The third-order valence-corrected chi connectivity index (χ3v) is 6.63. The fraction of sp³-hybridized carbons (Fsp3) is 0.364. The van der Waals surface area contributed by atoms with Crippen molar-refractivity contribution in [3.63, 3.8) is 0 Å². The molecule has 156 valence electrons. The van der Waals surface area contributed by atoms with Gasteiger partial charge in [-0.1, -0.05) is 18.2 Å². The van der Waals surface area contributed by atoms with Gasteiger partial charge in [-0.25, -0.2) is 0 Å². The van der Waals surface area contributed by atoms with Crippen molar-refractivity contribution in [2.75, 3.05) is 13.1 Å². The Balaban J connectivity index is 1.48. The summed E-state index contributed by atoms with van der Waals surface area (Å²) in [5.74, 6) is -0.116. The van der Waals surface area contributed by atoms with Gasteiger partial charge in [-0.3, -0.25) is 9.59 Å². The Hall–Kier alpha value is -3.03. The molecule has 1 aliphatic heterocycles. The van der Waals surface area contributed by atoms with Crippen molar-refractivity contribution in [3.8, 4) is 0 Å². The first-order valence-electron chi connectivity index (χ1n) is 9.76. The molecular formula is C22H20F3N3O2. The van der Waals surface area contributed by atoms with E-state index in [1.165, 1.54) is 12.1 Å². The van der Waals surface area contributed by atoms with Crippen molar-refractivity contribution >= 4 is 16.8 Å². The SMILES string of the molecule is Cc1c[nH]c(=O)c2c(C(=O)N3CC4CC4(c4cccc(C(F)(F)F)c4)C3)cn(C)c12. The topological polar surface area (TPSA) is 58.1 Å². The van der Waals surface area contributed by atoms with Gasteiger partial charge in [0.1, 0.15) is 0 Å². The Morgan fingerprint density at radius 2 is 2.07 bits per heavy atom. The van der Waals surface area contributed by atoms with Crippen LogP contribution in [0.3, 0.4) is 0 Å². The molecule has 5 rings (SSSR count). The standard InChI is InChI=1S/C22H20F3N3O2/c1-12-8-26-19(29)17-16(10-27(2)18(12)17)20(30)28-9-15-7-21(15,11-28)13-4-3-5-14(6-13)22(23,24)25/h3-6,8,10,15H,7,9,11H2,1-2H3,(H,26,29). The van der Waals surface area contributed by atoms with Gasteiger partial charge in [-0.05, 0) is 36.5 Å². The highest BCUT2D eigenvalue weighted by Gasteiger charge is 2.62. The Bertz CT molecular complexity index is 1260. The molecule has 2 fully saturated rings. The molecule has 2 aromatic heterocycles. The van der Waals surface area contributed by atoms with E-state index in [1.807, 2.05) is 6.92 Å².